The number of hydrogen-bond donors (Lipinski definition) is 3. The maximum absolute atomic E-state index is 13.5. The normalized spacial score (nSPS) is 38.4. The van der Waals surface area contributed by atoms with Crippen LogP contribution in [0.15, 0.2) is 60.7 Å². The maximum atomic E-state index is 13.5. The van der Waals surface area contributed by atoms with Crippen molar-refractivity contribution in [1.82, 2.24) is 0 Å². The molecule has 3 N–H and O–H groups in total. The Hall–Kier alpha value is -4.75. The van der Waals surface area contributed by atoms with Crippen LogP contribution in [0.3, 0.4) is 0 Å². The molecule has 16 atom stereocenters. The van der Waals surface area contributed by atoms with Crippen LogP contribution in [-0.4, -0.2) is 128 Å². The number of fused-ring (bicyclic) bond motifs is 4. The first-order chi connectivity index (χ1) is 33.2. The minimum Gasteiger partial charge on any atom is -0.459 e. The summed E-state index contributed by atoms with van der Waals surface area (Å²) >= 11 is 0. The number of benzene rings is 2. The molecule has 4 saturated heterocycles. The third kappa shape index (κ3) is 13.1. The van der Waals surface area contributed by atoms with Crippen LogP contribution < -0.4 is 0 Å². The Labute approximate surface area is 416 Å². The van der Waals surface area contributed by atoms with Gasteiger partial charge in [-0.3, -0.25) is 33.6 Å². The molecule has 4 fully saturated rings. The molecule has 0 saturated carbocycles. The molecule has 0 aliphatic carbocycles. The summed E-state index contributed by atoms with van der Waals surface area (Å²) in [6, 6.07) is 18.9. The minimum atomic E-state index is -1.96. The highest BCUT2D eigenvalue weighted by Gasteiger charge is 2.59. The fourth-order valence-corrected chi connectivity index (χ4v) is 10.1. The molecular weight excluding hydrogens is 921 g/mol. The van der Waals surface area contributed by atoms with E-state index in [0.717, 1.165) is 11.1 Å². The molecule has 4 aliphatic heterocycles. The average molecular weight is 995 g/mol. The lowest BCUT2D eigenvalue weighted by Gasteiger charge is -2.34. The number of cyclic esters (lactones) is 2. The fraction of sp³-hybridized carbons (Fsp3) is 0.648. The van der Waals surface area contributed by atoms with E-state index >= 15 is 0 Å². The second-order valence-electron chi connectivity index (χ2n) is 20.7. The van der Waals surface area contributed by atoms with E-state index in [1.165, 1.54) is 34.6 Å². The summed E-state index contributed by atoms with van der Waals surface area (Å²) in [4.78, 5) is 90.8. The molecule has 6 rings (SSSR count). The van der Waals surface area contributed by atoms with Crippen LogP contribution in [0.1, 0.15) is 126 Å². The van der Waals surface area contributed by atoms with Crippen molar-refractivity contribution in [2.45, 2.75) is 199 Å². The number of aliphatic hydroxyl groups excluding tert-OH is 1. The van der Waals surface area contributed by atoms with E-state index in [0.29, 0.717) is 0 Å². The second kappa shape index (κ2) is 23.4. The van der Waals surface area contributed by atoms with Crippen LogP contribution in [0.2, 0.25) is 0 Å². The summed E-state index contributed by atoms with van der Waals surface area (Å²) in [5.41, 5.74) is -4.81. The number of esters is 3. The first-order valence-electron chi connectivity index (χ1n) is 24.7. The molecule has 0 radical (unpaired) electrons. The van der Waals surface area contributed by atoms with Gasteiger partial charge in [0.1, 0.15) is 41.7 Å². The molecule has 4 aliphatic rings. The molecule has 4 heterocycles. The number of rotatable bonds is 9. The van der Waals surface area contributed by atoms with Gasteiger partial charge in [0.05, 0.1) is 37.3 Å². The number of hydrogen-bond acceptors (Lipinski definition) is 17. The summed E-state index contributed by atoms with van der Waals surface area (Å²) < 4.78 is 40.9. The van der Waals surface area contributed by atoms with Gasteiger partial charge in [-0.2, -0.15) is 0 Å². The van der Waals surface area contributed by atoms with E-state index < -0.39 is 124 Å². The molecule has 17 heteroatoms. The van der Waals surface area contributed by atoms with Gasteiger partial charge in [0, 0.05) is 19.8 Å². The number of ketones is 4. The van der Waals surface area contributed by atoms with Crippen molar-refractivity contribution >= 4 is 41.0 Å². The Morgan fingerprint density at radius 3 is 1.39 bits per heavy atom. The standard InChI is InChI=1S/C28H38O9.C26H36O8/c1-7-22-28(6,33)21(30)13-20(34-15-19-11-9-8-10-12-19)16(2)14-27(5)25(31)24(35-18(4)29)23(37-27)17(3)26(32)36-22;1-6-20-26(5,31)19(27)12-18(32-14-17-10-8-7-9-11-17)15(2)13-25(4)23(29)21(28)22(34-25)16(3)24(30)33-20/h8-12,16-17,20,22-24,33H,7,13-15H2,1-6H3;7-11,15-16,18,20-22,28,31H,6,12-14H2,1-5H3/t16-,17-,20-,22-,23-,24-,27+,28+;15-,16-,18-,20-,21-,22-,25+,26+/m11/s1. The highest BCUT2D eigenvalue weighted by atomic mass is 16.6. The quantitative estimate of drug-likeness (QED) is 0.213. The lowest BCUT2D eigenvalue weighted by atomic mass is 9.81. The Balaban J connectivity index is 0.000000265. The van der Waals surface area contributed by atoms with Gasteiger partial charge in [0.25, 0.3) is 0 Å². The monoisotopic (exact) mass is 994 g/mol. The van der Waals surface area contributed by atoms with E-state index in [-0.39, 0.29) is 63.6 Å². The molecule has 0 aromatic heterocycles. The molecule has 0 amide bonds. The van der Waals surface area contributed by atoms with Gasteiger partial charge in [0.2, 0.25) is 5.78 Å². The average Bonchev–Trinajstić information content (AvgIpc) is 3.70. The van der Waals surface area contributed by atoms with Crippen LogP contribution in [0.5, 0.6) is 0 Å². The molecule has 2 aromatic carbocycles. The van der Waals surface area contributed by atoms with E-state index in [1.54, 1.807) is 27.7 Å². The third-order valence-corrected chi connectivity index (χ3v) is 14.7. The van der Waals surface area contributed by atoms with Gasteiger partial charge < -0.3 is 48.5 Å². The minimum absolute atomic E-state index is 0.138. The zero-order chi connectivity index (χ0) is 52.8. The Morgan fingerprint density at radius 1 is 0.620 bits per heavy atom. The largest absolute Gasteiger partial charge is 0.459 e. The first kappa shape index (κ1) is 57.2. The van der Waals surface area contributed by atoms with Gasteiger partial charge in [-0.15, -0.1) is 0 Å². The van der Waals surface area contributed by atoms with Crippen molar-refractivity contribution < 1.29 is 82.0 Å². The molecule has 4 bridgehead atoms. The van der Waals surface area contributed by atoms with Crippen molar-refractivity contribution in [1.29, 1.82) is 0 Å². The number of aliphatic hydroxyl groups is 3. The van der Waals surface area contributed by atoms with E-state index in [2.05, 4.69) is 0 Å². The zero-order valence-electron chi connectivity index (χ0n) is 42.9. The summed E-state index contributed by atoms with van der Waals surface area (Å²) in [5, 5.41) is 32.9. The van der Waals surface area contributed by atoms with Crippen LogP contribution in [-0.2, 0) is 79.9 Å². The predicted molar refractivity (Wildman–Crippen MR) is 255 cm³/mol. The van der Waals surface area contributed by atoms with Crippen molar-refractivity contribution in [3.05, 3.63) is 71.8 Å². The number of carbonyl (C=O) groups excluding carboxylic acids is 7. The lowest BCUT2D eigenvalue weighted by Crippen LogP contribution is -2.51. The van der Waals surface area contributed by atoms with Gasteiger partial charge in [-0.1, -0.05) is 88.4 Å². The summed E-state index contributed by atoms with van der Waals surface area (Å²) in [5.74, 6) is -6.85. The first-order valence-corrected chi connectivity index (χ1v) is 24.7. The van der Waals surface area contributed by atoms with Crippen LogP contribution in [0.25, 0.3) is 0 Å². The zero-order valence-corrected chi connectivity index (χ0v) is 42.9. The topological polar surface area (TPSA) is 245 Å². The number of carbonyl (C=O) groups is 7. The molecule has 17 nitrogen and oxygen atoms in total. The number of Topliss-reactive ketones (excluding diaryl/α,β-unsaturated/α-hetero) is 4. The van der Waals surface area contributed by atoms with Crippen LogP contribution in [0.4, 0.5) is 0 Å². The van der Waals surface area contributed by atoms with Crippen molar-refractivity contribution in [3.63, 3.8) is 0 Å². The smallest absolute Gasteiger partial charge is 0.311 e. The molecule has 392 valence electrons. The molecule has 0 spiro atoms. The van der Waals surface area contributed by atoms with Crippen LogP contribution in [0, 0.1) is 23.7 Å². The fourth-order valence-electron chi connectivity index (χ4n) is 10.1. The molecule has 2 aromatic rings. The number of ether oxygens (including phenoxy) is 7. The SMILES string of the molecule is CC[C@H]1OC(=O)[C@H](C)[C@H]2O[C@@](C)(C[C@@H](C)[C@H](OCc3ccccc3)CC(=O)[C@]1(C)O)C(=O)[C@@H]2O.CC[C@H]1OC(=O)[C@H](C)[C@H]2O[C@@](C)(C[C@@H](C)[C@H](OCc3ccccc3)CC(=O)[C@]1(C)O)C(=O)[C@@H]2OC(C)=O. The Morgan fingerprint density at radius 2 is 1.00 bits per heavy atom. The van der Waals surface area contributed by atoms with E-state index in [1.807, 2.05) is 74.5 Å². The maximum Gasteiger partial charge on any atom is 0.311 e. The van der Waals surface area contributed by atoms with Gasteiger partial charge in [-0.05, 0) is 90.2 Å². The summed E-state index contributed by atoms with van der Waals surface area (Å²) in [6.07, 6.45) is -8.07. The Bertz CT molecular complexity index is 2210. The van der Waals surface area contributed by atoms with Gasteiger partial charge in [-0.25, -0.2) is 0 Å². The Kier molecular flexibility index (Phi) is 18.9. The van der Waals surface area contributed by atoms with E-state index in [4.69, 9.17) is 33.2 Å². The predicted octanol–water partition coefficient (Wildman–Crippen LogP) is 5.31. The van der Waals surface area contributed by atoms with Crippen molar-refractivity contribution in [2.24, 2.45) is 23.7 Å². The summed E-state index contributed by atoms with van der Waals surface area (Å²) in [6.45, 7) is 17.6. The van der Waals surface area contributed by atoms with E-state index in [9.17, 15) is 48.9 Å². The lowest BCUT2D eigenvalue weighted by molar-refractivity contribution is -0.181. The molecular formula is C54H74O17. The van der Waals surface area contributed by atoms with Crippen molar-refractivity contribution in [2.75, 3.05) is 0 Å². The third-order valence-electron chi connectivity index (χ3n) is 14.7. The van der Waals surface area contributed by atoms with Crippen molar-refractivity contribution in [3.8, 4) is 0 Å². The highest BCUT2D eigenvalue weighted by Crippen LogP contribution is 2.42. The van der Waals surface area contributed by atoms with Crippen LogP contribution >= 0.6 is 0 Å². The van der Waals surface area contributed by atoms with Gasteiger partial charge >= 0.3 is 17.9 Å². The highest BCUT2D eigenvalue weighted by molar-refractivity contribution is 5.96. The molecule has 71 heavy (non-hydrogen) atoms. The summed E-state index contributed by atoms with van der Waals surface area (Å²) in [7, 11) is 0. The molecule has 0 unspecified atom stereocenters. The second-order valence-corrected chi connectivity index (χ2v) is 20.7. The van der Waals surface area contributed by atoms with Gasteiger partial charge in [0.15, 0.2) is 34.7 Å².